The first-order valence-corrected chi connectivity index (χ1v) is 11.9. The Morgan fingerprint density at radius 3 is 2.31 bits per heavy atom. The van der Waals surface area contributed by atoms with Gasteiger partial charge in [0.25, 0.3) is 0 Å². The van der Waals surface area contributed by atoms with E-state index in [-0.39, 0.29) is 5.75 Å². The number of benzene rings is 2. The summed E-state index contributed by atoms with van der Waals surface area (Å²) in [6.45, 7) is 2.49. The summed E-state index contributed by atoms with van der Waals surface area (Å²) in [5, 5.41) is 2.77. The Morgan fingerprint density at radius 1 is 1.00 bits per heavy atom. The number of esters is 1. The van der Waals surface area contributed by atoms with Crippen LogP contribution in [-0.2, 0) is 20.3 Å². The number of unbranched alkanes of at least 4 members (excludes halogenated alkanes) is 3. The van der Waals surface area contributed by atoms with Crippen LogP contribution in [-0.4, -0.2) is 33.3 Å². The zero-order chi connectivity index (χ0) is 21.1. The van der Waals surface area contributed by atoms with Crippen LogP contribution >= 0.6 is 0 Å². The summed E-state index contributed by atoms with van der Waals surface area (Å²) < 4.78 is 30.8. The van der Waals surface area contributed by atoms with E-state index in [9.17, 15) is 13.2 Å². The van der Waals surface area contributed by atoms with Crippen LogP contribution in [0.3, 0.4) is 0 Å². The van der Waals surface area contributed by atoms with E-state index in [1.54, 1.807) is 24.3 Å². The van der Waals surface area contributed by atoms with Gasteiger partial charge in [-0.2, -0.15) is 0 Å². The molecule has 0 heterocycles. The molecule has 0 saturated heterocycles. The van der Waals surface area contributed by atoms with E-state index in [0.29, 0.717) is 18.5 Å². The molecule has 0 aliphatic carbocycles. The second-order valence-corrected chi connectivity index (χ2v) is 9.50. The van der Waals surface area contributed by atoms with Gasteiger partial charge in [0, 0.05) is 12.2 Å². The molecule has 0 saturated carbocycles. The topological polar surface area (TPSA) is 72.5 Å². The van der Waals surface area contributed by atoms with Gasteiger partial charge >= 0.3 is 5.97 Å². The lowest BCUT2D eigenvalue weighted by Crippen LogP contribution is -2.30. The van der Waals surface area contributed by atoms with Crippen LogP contribution in [0.15, 0.2) is 54.6 Å². The first kappa shape index (κ1) is 22.9. The van der Waals surface area contributed by atoms with Gasteiger partial charge in [-0.05, 0) is 36.2 Å². The molecule has 0 aliphatic heterocycles. The van der Waals surface area contributed by atoms with E-state index in [1.165, 1.54) is 7.11 Å². The first-order valence-electron chi connectivity index (χ1n) is 10.1. The minimum absolute atomic E-state index is 0.0508. The molecule has 0 aromatic heterocycles. The smallest absolute Gasteiger partial charge is 0.337 e. The minimum atomic E-state index is -3.29. The van der Waals surface area contributed by atoms with Gasteiger partial charge in [-0.3, -0.25) is 0 Å². The Bertz CT molecular complexity index is 848. The molecule has 0 spiro atoms. The summed E-state index contributed by atoms with van der Waals surface area (Å²) in [5.74, 6) is -0.342. The number of anilines is 1. The number of methoxy groups -OCH3 is 1. The van der Waals surface area contributed by atoms with Crippen molar-refractivity contribution < 1.29 is 17.9 Å². The number of carbonyl (C=O) groups is 1. The SMILES string of the molecule is CCCCCCC(CNc1ccc(C(=O)OC)cc1)S(=O)(=O)Cc1ccccc1. The number of sulfone groups is 1. The monoisotopic (exact) mass is 417 g/mol. The molecule has 0 bridgehead atoms. The molecule has 1 unspecified atom stereocenters. The van der Waals surface area contributed by atoms with Crippen molar-refractivity contribution in [3.8, 4) is 0 Å². The molecule has 5 nitrogen and oxygen atoms in total. The molecule has 29 heavy (non-hydrogen) atoms. The highest BCUT2D eigenvalue weighted by Gasteiger charge is 2.25. The zero-order valence-corrected chi connectivity index (χ0v) is 18.1. The molecule has 158 valence electrons. The van der Waals surface area contributed by atoms with Crippen molar-refractivity contribution in [2.45, 2.75) is 50.0 Å². The van der Waals surface area contributed by atoms with Crippen LogP contribution in [0.4, 0.5) is 5.69 Å². The van der Waals surface area contributed by atoms with E-state index in [1.807, 2.05) is 30.3 Å². The third kappa shape index (κ3) is 7.54. The maximum Gasteiger partial charge on any atom is 0.337 e. The average molecular weight is 418 g/mol. The molecule has 2 aromatic rings. The van der Waals surface area contributed by atoms with Crippen molar-refractivity contribution in [2.24, 2.45) is 0 Å². The maximum atomic E-state index is 13.1. The van der Waals surface area contributed by atoms with Gasteiger partial charge in [0.05, 0.1) is 23.7 Å². The van der Waals surface area contributed by atoms with Crippen molar-refractivity contribution >= 4 is 21.5 Å². The van der Waals surface area contributed by atoms with Gasteiger partial charge in [-0.25, -0.2) is 13.2 Å². The fourth-order valence-electron chi connectivity index (χ4n) is 3.21. The lowest BCUT2D eigenvalue weighted by atomic mass is 10.1. The summed E-state index contributed by atoms with van der Waals surface area (Å²) in [6.07, 6.45) is 4.82. The van der Waals surface area contributed by atoms with Crippen LogP contribution in [0, 0.1) is 0 Å². The number of hydrogen-bond acceptors (Lipinski definition) is 5. The summed E-state index contributed by atoms with van der Waals surface area (Å²) in [7, 11) is -1.95. The molecule has 6 heteroatoms. The standard InChI is InChI=1S/C23H31NO4S/c1-3-4-5-9-12-22(29(26,27)18-19-10-7-6-8-11-19)17-24-21-15-13-20(14-16-21)23(25)28-2/h6-8,10-11,13-16,22,24H,3-5,9,12,17-18H2,1-2H3. The minimum Gasteiger partial charge on any atom is -0.465 e. The third-order valence-electron chi connectivity index (χ3n) is 4.94. The van der Waals surface area contributed by atoms with Crippen LogP contribution in [0.25, 0.3) is 0 Å². The van der Waals surface area contributed by atoms with Crippen molar-refractivity contribution in [3.05, 3.63) is 65.7 Å². The molecule has 0 fully saturated rings. The highest BCUT2D eigenvalue weighted by Crippen LogP contribution is 2.19. The Hall–Kier alpha value is -2.34. The molecule has 0 aliphatic rings. The molecular weight excluding hydrogens is 386 g/mol. The molecule has 1 atom stereocenters. The van der Waals surface area contributed by atoms with Gasteiger partial charge in [-0.15, -0.1) is 0 Å². The summed E-state index contributed by atoms with van der Waals surface area (Å²) in [6, 6.07) is 16.2. The van der Waals surface area contributed by atoms with Crippen molar-refractivity contribution in [1.29, 1.82) is 0 Å². The Labute approximate surface area is 174 Å². The number of carbonyl (C=O) groups excluding carboxylic acids is 1. The molecular formula is C23H31NO4S. The van der Waals surface area contributed by atoms with Crippen LogP contribution in [0.2, 0.25) is 0 Å². The van der Waals surface area contributed by atoms with E-state index in [4.69, 9.17) is 4.74 Å². The van der Waals surface area contributed by atoms with E-state index in [0.717, 1.165) is 36.9 Å². The maximum absolute atomic E-state index is 13.1. The van der Waals surface area contributed by atoms with Crippen LogP contribution < -0.4 is 5.32 Å². The number of rotatable bonds is 12. The van der Waals surface area contributed by atoms with Crippen LogP contribution in [0.5, 0.6) is 0 Å². The largest absolute Gasteiger partial charge is 0.465 e. The summed E-state index contributed by atoms with van der Waals surface area (Å²) in [4.78, 5) is 11.5. The fourth-order valence-corrected chi connectivity index (χ4v) is 4.96. The highest BCUT2D eigenvalue weighted by molar-refractivity contribution is 7.91. The first-order chi connectivity index (χ1) is 14.0. The van der Waals surface area contributed by atoms with E-state index >= 15 is 0 Å². The normalized spacial score (nSPS) is 12.3. The number of hydrogen-bond donors (Lipinski definition) is 1. The Kier molecular flexibility index (Phi) is 9.19. The molecule has 2 rings (SSSR count). The third-order valence-corrected chi connectivity index (χ3v) is 7.09. The second-order valence-electron chi connectivity index (χ2n) is 7.21. The van der Waals surface area contributed by atoms with Crippen molar-refractivity contribution in [1.82, 2.24) is 0 Å². The van der Waals surface area contributed by atoms with E-state index in [2.05, 4.69) is 12.2 Å². The van der Waals surface area contributed by atoms with Gasteiger partial charge in [0.2, 0.25) is 0 Å². The van der Waals surface area contributed by atoms with Gasteiger partial charge in [-0.1, -0.05) is 62.9 Å². The van der Waals surface area contributed by atoms with Crippen molar-refractivity contribution in [3.63, 3.8) is 0 Å². The molecule has 2 aromatic carbocycles. The predicted octanol–water partition coefficient (Wildman–Crippen LogP) is 4.84. The quantitative estimate of drug-likeness (QED) is 0.395. The van der Waals surface area contributed by atoms with Gasteiger partial charge < -0.3 is 10.1 Å². The zero-order valence-electron chi connectivity index (χ0n) is 17.3. The average Bonchev–Trinajstić information content (AvgIpc) is 2.73. The molecule has 0 amide bonds. The number of ether oxygens (including phenoxy) is 1. The number of nitrogens with one attached hydrogen (secondary N) is 1. The predicted molar refractivity (Wildman–Crippen MR) is 118 cm³/mol. The molecule has 1 N–H and O–H groups in total. The van der Waals surface area contributed by atoms with Crippen molar-refractivity contribution in [2.75, 3.05) is 19.0 Å². The second kappa shape index (κ2) is 11.6. The Balaban J connectivity index is 2.05. The Morgan fingerprint density at radius 2 is 1.69 bits per heavy atom. The lowest BCUT2D eigenvalue weighted by Gasteiger charge is -2.19. The lowest BCUT2D eigenvalue weighted by molar-refractivity contribution is 0.0600. The highest BCUT2D eigenvalue weighted by atomic mass is 32.2. The summed E-state index contributed by atoms with van der Waals surface area (Å²) >= 11 is 0. The van der Waals surface area contributed by atoms with Crippen LogP contribution in [0.1, 0.15) is 54.9 Å². The fraction of sp³-hybridized carbons (Fsp3) is 0.435. The molecule has 0 radical (unpaired) electrons. The van der Waals surface area contributed by atoms with Gasteiger partial charge in [0.15, 0.2) is 9.84 Å². The summed E-state index contributed by atoms with van der Waals surface area (Å²) in [5.41, 5.74) is 2.06. The van der Waals surface area contributed by atoms with E-state index < -0.39 is 21.1 Å². The van der Waals surface area contributed by atoms with Gasteiger partial charge in [0.1, 0.15) is 0 Å².